The highest BCUT2D eigenvalue weighted by atomic mass is 19.4. The normalized spacial score (nSPS) is 11.3. The number of alkyl halides is 3. The molecule has 0 aliphatic rings. The smallest absolute Gasteiger partial charge is 0.422 e. The average molecular weight is 366 g/mol. The molecule has 0 aromatic heterocycles. The SMILES string of the molecule is O=C(/C=C/c1ccccc1[N+](=O)[O-])Nc1ccccc1OCC(F)(F)F. The van der Waals surface area contributed by atoms with Gasteiger partial charge in [-0.1, -0.05) is 24.3 Å². The standard InChI is InChI=1S/C17H13F3N2O4/c18-17(19,20)11-26-15-8-4-2-6-13(15)21-16(23)10-9-12-5-1-3-7-14(12)22(24)25/h1-10H,11H2,(H,21,23)/b10-9+. The molecular formula is C17H13F3N2O4. The van der Waals surface area contributed by atoms with Gasteiger partial charge in [-0.2, -0.15) is 13.2 Å². The van der Waals surface area contributed by atoms with Crippen molar-refractivity contribution in [2.45, 2.75) is 6.18 Å². The van der Waals surface area contributed by atoms with E-state index >= 15 is 0 Å². The number of halogens is 3. The highest BCUT2D eigenvalue weighted by Crippen LogP contribution is 2.26. The molecule has 2 rings (SSSR count). The third-order valence-corrected chi connectivity index (χ3v) is 3.08. The first-order valence-electron chi connectivity index (χ1n) is 7.27. The number of amides is 1. The summed E-state index contributed by atoms with van der Waals surface area (Å²) in [6.07, 6.45) is -2.22. The lowest BCUT2D eigenvalue weighted by atomic mass is 10.1. The van der Waals surface area contributed by atoms with Crippen LogP contribution in [0.2, 0.25) is 0 Å². The maximum absolute atomic E-state index is 12.3. The number of nitrogens with one attached hydrogen (secondary N) is 1. The molecule has 0 saturated carbocycles. The van der Waals surface area contributed by atoms with Crippen LogP contribution in [0.3, 0.4) is 0 Å². The highest BCUT2D eigenvalue weighted by Gasteiger charge is 2.28. The van der Waals surface area contributed by atoms with Gasteiger partial charge < -0.3 is 10.1 Å². The van der Waals surface area contributed by atoms with Gasteiger partial charge in [-0.05, 0) is 24.3 Å². The minimum Gasteiger partial charge on any atom is -0.482 e. The summed E-state index contributed by atoms with van der Waals surface area (Å²) in [5, 5.41) is 13.3. The quantitative estimate of drug-likeness (QED) is 0.472. The van der Waals surface area contributed by atoms with Crippen molar-refractivity contribution in [3.8, 4) is 5.75 Å². The largest absolute Gasteiger partial charge is 0.482 e. The third-order valence-electron chi connectivity index (χ3n) is 3.08. The van der Waals surface area contributed by atoms with E-state index in [2.05, 4.69) is 10.1 Å². The molecule has 6 nitrogen and oxygen atoms in total. The van der Waals surface area contributed by atoms with Gasteiger partial charge in [0.25, 0.3) is 5.69 Å². The van der Waals surface area contributed by atoms with Gasteiger partial charge in [0.05, 0.1) is 16.2 Å². The van der Waals surface area contributed by atoms with Crippen molar-refractivity contribution in [3.05, 3.63) is 70.3 Å². The Morgan fingerprint density at radius 3 is 2.50 bits per heavy atom. The van der Waals surface area contributed by atoms with Gasteiger partial charge in [0, 0.05) is 12.1 Å². The van der Waals surface area contributed by atoms with E-state index in [9.17, 15) is 28.1 Å². The van der Waals surface area contributed by atoms with Crippen LogP contribution in [0.5, 0.6) is 5.75 Å². The Morgan fingerprint density at radius 2 is 1.81 bits per heavy atom. The molecule has 0 atom stereocenters. The van der Waals surface area contributed by atoms with Crippen molar-refractivity contribution in [1.82, 2.24) is 0 Å². The summed E-state index contributed by atoms with van der Waals surface area (Å²) in [5.41, 5.74) is 0.0914. The van der Waals surface area contributed by atoms with Crippen LogP contribution in [0.4, 0.5) is 24.5 Å². The Kier molecular flexibility index (Phi) is 5.94. The lowest BCUT2D eigenvalue weighted by molar-refractivity contribution is -0.385. The van der Waals surface area contributed by atoms with Crippen LogP contribution in [-0.2, 0) is 4.79 Å². The number of nitrogens with zero attached hydrogens (tertiary/aromatic N) is 1. The molecule has 2 aromatic rings. The number of nitro benzene ring substituents is 1. The molecule has 1 amide bonds. The van der Waals surface area contributed by atoms with Gasteiger partial charge in [0.15, 0.2) is 6.61 Å². The first-order chi connectivity index (χ1) is 12.3. The van der Waals surface area contributed by atoms with Crippen molar-refractivity contribution in [3.63, 3.8) is 0 Å². The predicted molar refractivity (Wildman–Crippen MR) is 88.8 cm³/mol. The van der Waals surface area contributed by atoms with E-state index in [4.69, 9.17) is 0 Å². The Labute approximate surface area is 146 Å². The topological polar surface area (TPSA) is 81.5 Å². The molecule has 0 unspecified atom stereocenters. The van der Waals surface area contributed by atoms with Gasteiger partial charge in [-0.3, -0.25) is 14.9 Å². The summed E-state index contributed by atoms with van der Waals surface area (Å²) in [7, 11) is 0. The molecule has 0 aliphatic heterocycles. The first-order valence-corrected chi connectivity index (χ1v) is 7.27. The van der Waals surface area contributed by atoms with Crippen molar-refractivity contribution in [2.75, 3.05) is 11.9 Å². The number of para-hydroxylation sites is 3. The number of rotatable bonds is 6. The molecule has 9 heteroatoms. The van der Waals surface area contributed by atoms with E-state index in [-0.39, 0.29) is 22.7 Å². The highest BCUT2D eigenvalue weighted by molar-refractivity contribution is 6.03. The Hall–Kier alpha value is -3.36. The van der Waals surface area contributed by atoms with Crippen LogP contribution >= 0.6 is 0 Å². The van der Waals surface area contributed by atoms with Gasteiger partial charge >= 0.3 is 6.18 Å². The minimum absolute atomic E-state index is 0.0500. The maximum atomic E-state index is 12.3. The van der Waals surface area contributed by atoms with E-state index in [1.807, 2.05) is 0 Å². The monoisotopic (exact) mass is 366 g/mol. The van der Waals surface area contributed by atoms with Crippen LogP contribution in [0.1, 0.15) is 5.56 Å². The van der Waals surface area contributed by atoms with E-state index in [0.29, 0.717) is 0 Å². The van der Waals surface area contributed by atoms with Crippen molar-refractivity contribution in [2.24, 2.45) is 0 Å². The zero-order valence-corrected chi connectivity index (χ0v) is 13.2. The summed E-state index contributed by atoms with van der Waals surface area (Å²) < 4.78 is 41.5. The summed E-state index contributed by atoms with van der Waals surface area (Å²) >= 11 is 0. The molecule has 0 radical (unpaired) electrons. The fraction of sp³-hybridized carbons (Fsp3) is 0.118. The number of benzene rings is 2. The fourth-order valence-corrected chi connectivity index (χ4v) is 1.99. The molecule has 0 bridgehead atoms. The number of carbonyl (C=O) groups is 1. The molecule has 0 aliphatic carbocycles. The second-order valence-electron chi connectivity index (χ2n) is 5.04. The summed E-state index contributed by atoms with van der Waals surface area (Å²) in [5.74, 6) is -0.816. The van der Waals surface area contributed by atoms with Gasteiger partial charge in [-0.15, -0.1) is 0 Å². The number of ether oxygens (including phenoxy) is 1. The Morgan fingerprint density at radius 1 is 1.15 bits per heavy atom. The molecule has 136 valence electrons. The summed E-state index contributed by atoms with van der Waals surface area (Å²) in [4.78, 5) is 22.3. The van der Waals surface area contributed by atoms with E-state index in [0.717, 1.165) is 6.08 Å². The third kappa shape index (κ3) is 5.62. The Bertz CT molecular complexity index is 835. The summed E-state index contributed by atoms with van der Waals surface area (Å²) in [6, 6.07) is 11.5. The van der Waals surface area contributed by atoms with E-state index in [1.54, 1.807) is 6.07 Å². The minimum atomic E-state index is -4.51. The molecule has 1 N–H and O–H groups in total. The lowest BCUT2D eigenvalue weighted by Gasteiger charge is -2.13. The molecule has 0 spiro atoms. The molecule has 0 fully saturated rings. The average Bonchev–Trinajstić information content (AvgIpc) is 2.58. The fourth-order valence-electron chi connectivity index (χ4n) is 1.99. The van der Waals surface area contributed by atoms with Crippen LogP contribution < -0.4 is 10.1 Å². The molecule has 0 saturated heterocycles. The van der Waals surface area contributed by atoms with E-state index in [1.165, 1.54) is 48.5 Å². The number of hydrogen-bond donors (Lipinski definition) is 1. The zero-order valence-electron chi connectivity index (χ0n) is 13.2. The van der Waals surface area contributed by atoms with E-state index < -0.39 is 23.6 Å². The van der Waals surface area contributed by atoms with Gasteiger partial charge in [0.2, 0.25) is 5.91 Å². The first kappa shape index (κ1) is 19.0. The van der Waals surface area contributed by atoms with Gasteiger partial charge in [0.1, 0.15) is 5.75 Å². The number of nitro groups is 1. The van der Waals surface area contributed by atoms with Crippen LogP contribution in [0.25, 0.3) is 6.08 Å². The van der Waals surface area contributed by atoms with Crippen molar-refractivity contribution < 1.29 is 27.6 Å². The molecule has 26 heavy (non-hydrogen) atoms. The molecule has 2 aromatic carbocycles. The molecular weight excluding hydrogens is 353 g/mol. The summed E-state index contributed by atoms with van der Waals surface area (Å²) in [6.45, 7) is -1.49. The predicted octanol–water partition coefficient (Wildman–Crippen LogP) is 4.19. The number of hydrogen-bond acceptors (Lipinski definition) is 4. The van der Waals surface area contributed by atoms with Crippen LogP contribution in [0.15, 0.2) is 54.6 Å². The van der Waals surface area contributed by atoms with Crippen molar-refractivity contribution in [1.29, 1.82) is 0 Å². The lowest BCUT2D eigenvalue weighted by Crippen LogP contribution is -2.20. The Balaban J connectivity index is 2.10. The number of anilines is 1. The van der Waals surface area contributed by atoms with Gasteiger partial charge in [-0.25, -0.2) is 0 Å². The second-order valence-corrected chi connectivity index (χ2v) is 5.04. The maximum Gasteiger partial charge on any atom is 0.422 e. The molecule has 0 heterocycles. The van der Waals surface area contributed by atoms with Crippen molar-refractivity contribution >= 4 is 23.4 Å². The number of carbonyl (C=O) groups excluding carboxylic acids is 1. The zero-order chi connectivity index (χ0) is 19.2. The van der Waals surface area contributed by atoms with Crippen LogP contribution in [0, 0.1) is 10.1 Å². The second kappa shape index (κ2) is 8.15. The van der Waals surface area contributed by atoms with Crippen LogP contribution in [-0.4, -0.2) is 23.6 Å².